The summed E-state index contributed by atoms with van der Waals surface area (Å²) in [6.07, 6.45) is 0.747. The second-order valence-corrected chi connectivity index (χ2v) is 7.12. The molecule has 2 N–H and O–H groups in total. The third-order valence-electron chi connectivity index (χ3n) is 5.56. The molecule has 2 amide bonds. The minimum atomic E-state index is -0.657. The predicted octanol–water partition coefficient (Wildman–Crippen LogP) is 3.86. The van der Waals surface area contributed by atoms with Crippen LogP contribution in [0.4, 0.5) is 10.5 Å². The van der Waals surface area contributed by atoms with Gasteiger partial charge in [0.05, 0.1) is 5.69 Å². The molecule has 136 valence electrons. The number of hydrogen-bond donors (Lipinski definition) is 2. The lowest BCUT2D eigenvalue weighted by Crippen LogP contribution is -2.49. The van der Waals surface area contributed by atoms with Gasteiger partial charge in [0.2, 0.25) is 0 Å². The second-order valence-electron chi connectivity index (χ2n) is 7.12. The van der Waals surface area contributed by atoms with Gasteiger partial charge in [-0.05, 0) is 18.2 Å². The molecule has 6 nitrogen and oxygen atoms in total. The fraction of sp³-hybridized carbons (Fsp3) is 0.238. The summed E-state index contributed by atoms with van der Waals surface area (Å²) in [4.78, 5) is 30.0. The smallest absolute Gasteiger partial charge is 0.412 e. The molecule has 1 spiro atoms. The van der Waals surface area contributed by atoms with Crippen LogP contribution < -0.4 is 5.32 Å². The molecule has 0 saturated carbocycles. The lowest BCUT2D eigenvalue weighted by atomic mass is 9.82. The Morgan fingerprint density at radius 3 is 2.59 bits per heavy atom. The Labute approximate surface area is 156 Å². The number of piperidine rings is 1. The van der Waals surface area contributed by atoms with Crippen molar-refractivity contribution in [3.05, 3.63) is 65.9 Å². The van der Waals surface area contributed by atoms with Gasteiger partial charge in [-0.2, -0.15) is 0 Å². The summed E-state index contributed by atoms with van der Waals surface area (Å²) in [5, 5.41) is 3.78. The van der Waals surface area contributed by atoms with E-state index < -0.39 is 11.7 Å². The van der Waals surface area contributed by atoms with Crippen LogP contribution in [0.15, 0.2) is 54.6 Å². The zero-order valence-corrected chi connectivity index (χ0v) is 14.7. The molecule has 2 aromatic carbocycles. The summed E-state index contributed by atoms with van der Waals surface area (Å²) in [5.41, 5.74) is 2.67. The van der Waals surface area contributed by atoms with Crippen molar-refractivity contribution in [2.24, 2.45) is 0 Å². The van der Waals surface area contributed by atoms with Gasteiger partial charge in [-0.15, -0.1) is 0 Å². The van der Waals surface area contributed by atoms with Crippen LogP contribution in [0.3, 0.4) is 0 Å². The van der Waals surface area contributed by atoms with E-state index in [2.05, 4.69) is 10.3 Å². The summed E-state index contributed by atoms with van der Waals surface area (Å²) in [7, 11) is 0. The molecule has 27 heavy (non-hydrogen) atoms. The van der Waals surface area contributed by atoms with Crippen LogP contribution in [-0.4, -0.2) is 35.0 Å². The predicted molar refractivity (Wildman–Crippen MR) is 102 cm³/mol. The molecule has 2 aliphatic heterocycles. The maximum absolute atomic E-state index is 12.9. The number of likely N-dealkylation sites (tertiary alicyclic amines) is 1. The number of rotatable bonds is 1. The quantitative estimate of drug-likeness (QED) is 0.691. The number of carbonyl (C=O) groups excluding carboxylic acids is 2. The first kappa shape index (κ1) is 15.9. The molecule has 0 bridgehead atoms. The third-order valence-corrected chi connectivity index (χ3v) is 5.56. The standard InChI is InChI=1S/C21H19N3O3/c25-19(18-13-14-5-1-3-7-16(14)22-18)24-11-9-21(10-12-24)15-6-2-4-8-17(15)23-20(26)27-21/h1-8,13,22H,9-12H2,(H,23,26). The van der Waals surface area contributed by atoms with Crippen LogP contribution in [0.2, 0.25) is 0 Å². The van der Waals surface area contributed by atoms with E-state index in [0.717, 1.165) is 22.2 Å². The molecular formula is C21H19N3O3. The molecule has 0 unspecified atom stereocenters. The summed E-state index contributed by atoms with van der Waals surface area (Å²) in [6.45, 7) is 1.08. The lowest BCUT2D eigenvalue weighted by Gasteiger charge is -2.44. The van der Waals surface area contributed by atoms with Crippen molar-refractivity contribution in [2.45, 2.75) is 18.4 Å². The highest BCUT2D eigenvalue weighted by molar-refractivity contribution is 5.98. The molecule has 2 aliphatic rings. The maximum Gasteiger partial charge on any atom is 0.412 e. The van der Waals surface area contributed by atoms with Gasteiger partial charge >= 0.3 is 6.09 Å². The van der Waals surface area contributed by atoms with Crippen molar-refractivity contribution >= 4 is 28.6 Å². The zero-order chi connectivity index (χ0) is 18.4. The summed E-state index contributed by atoms with van der Waals surface area (Å²) in [5.74, 6) is -0.0189. The van der Waals surface area contributed by atoms with Gasteiger partial charge in [-0.3, -0.25) is 10.1 Å². The molecule has 3 heterocycles. The first-order valence-corrected chi connectivity index (χ1v) is 9.11. The Morgan fingerprint density at radius 2 is 1.78 bits per heavy atom. The van der Waals surface area contributed by atoms with Gasteiger partial charge in [0, 0.05) is 42.4 Å². The number of aromatic amines is 1. The number of hydrogen-bond acceptors (Lipinski definition) is 3. The normalized spacial score (nSPS) is 18.1. The summed E-state index contributed by atoms with van der Waals surface area (Å²) >= 11 is 0. The number of carbonyl (C=O) groups is 2. The van der Waals surface area contributed by atoms with Crippen LogP contribution in [-0.2, 0) is 10.3 Å². The molecule has 6 heteroatoms. The van der Waals surface area contributed by atoms with E-state index in [4.69, 9.17) is 4.74 Å². The van der Waals surface area contributed by atoms with Gasteiger partial charge in [0.25, 0.3) is 5.91 Å². The van der Waals surface area contributed by atoms with Gasteiger partial charge in [0.1, 0.15) is 11.3 Å². The number of anilines is 1. The molecule has 3 aromatic rings. The minimum absolute atomic E-state index is 0.0189. The first-order valence-electron chi connectivity index (χ1n) is 9.11. The zero-order valence-electron chi connectivity index (χ0n) is 14.7. The molecule has 5 rings (SSSR count). The van der Waals surface area contributed by atoms with Gasteiger partial charge in [-0.1, -0.05) is 36.4 Å². The number of H-pyrrole nitrogens is 1. The van der Waals surface area contributed by atoms with Crippen LogP contribution in [0.25, 0.3) is 10.9 Å². The van der Waals surface area contributed by atoms with Crippen molar-refractivity contribution < 1.29 is 14.3 Å². The largest absolute Gasteiger partial charge is 0.438 e. The van der Waals surface area contributed by atoms with Crippen LogP contribution in [0, 0.1) is 0 Å². The maximum atomic E-state index is 12.9. The third kappa shape index (κ3) is 2.56. The van der Waals surface area contributed by atoms with E-state index in [1.54, 1.807) is 0 Å². The fourth-order valence-corrected chi connectivity index (χ4v) is 4.16. The Kier molecular flexibility index (Phi) is 3.47. The molecule has 1 fully saturated rings. The Balaban J connectivity index is 1.38. The van der Waals surface area contributed by atoms with Gasteiger partial charge in [0.15, 0.2) is 0 Å². The van der Waals surface area contributed by atoms with Crippen molar-refractivity contribution in [1.82, 2.24) is 9.88 Å². The Hall–Kier alpha value is -3.28. The number of nitrogens with one attached hydrogen (secondary N) is 2. The average Bonchev–Trinajstić information content (AvgIpc) is 3.12. The van der Waals surface area contributed by atoms with Gasteiger partial charge < -0.3 is 14.6 Å². The Morgan fingerprint density at radius 1 is 1.04 bits per heavy atom. The van der Waals surface area contributed by atoms with Crippen molar-refractivity contribution in [3.8, 4) is 0 Å². The van der Waals surface area contributed by atoms with Crippen molar-refractivity contribution in [3.63, 3.8) is 0 Å². The van der Waals surface area contributed by atoms with Crippen LogP contribution in [0.1, 0.15) is 28.9 Å². The number of amides is 2. The second kappa shape index (κ2) is 5.87. The minimum Gasteiger partial charge on any atom is -0.438 e. The lowest BCUT2D eigenvalue weighted by molar-refractivity contribution is -0.0332. The number of benzene rings is 2. The number of para-hydroxylation sites is 2. The molecular weight excluding hydrogens is 342 g/mol. The number of nitrogens with zero attached hydrogens (tertiary/aromatic N) is 1. The summed E-state index contributed by atoms with van der Waals surface area (Å²) < 4.78 is 5.73. The number of aromatic nitrogens is 1. The number of fused-ring (bicyclic) bond motifs is 3. The fourth-order valence-electron chi connectivity index (χ4n) is 4.16. The highest BCUT2D eigenvalue weighted by Gasteiger charge is 2.45. The average molecular weight is 361 g/mol. The first-order chi connectivity index (χ1) is 13.1. The molecule has 0 radical (unpaired) electrons. The van der Waals surface area contributed by atoms with E-state index >= 15 is 0 Å². The monoisotopic (exact) mass is 361 g/mol. The van der Waals surface area contributed by atoms with E-state index in [0.29, 0.717) is 31.6 Å². The van der Waals surface area contributed by atoms with Crippen molar-refractivity contribution in [2.75, 3.05) is 18.4 Å². The highest BCUT2D eigenvalue weighted by Crippen LogP contribution is 2.43. The SMILES string of the molecule is O=C1Nc2ccccc2C2(CCN(C(=O)c3cc4ccccc4[nH]3)CC2)O1. The molecule has 0 aliphatic carbocycles. The van der Waals surface area contributed by atoms with E-state index in [-0.39, 0.29) is 5.91 Å². The van der Waals surface area contributed by atoms with E-state index in [1.807, 2.05) is 59.5 Å². The Bertz CT molecular complexity index is 1010. The van der Waals surface area contributed by atoms with Crippen LogP contribution >= 0.6 is 0 Å². The van der Waals surface area contributed by atoms with Crippen LogP contribution in [0.5, 0.6) is 0 Å². The topological polar surface area (TPSA) is 74.4 Å². The van der Waals surface area contributed by atoms with E-state index in [1.165, 1.54) is 0 Å². The molecule has 1 aromatic heterocycles. The molecule has 0 atom stereocenters. The molecule has 1 saturated heterocycles. The summed E-state index contributed by atoms with van der Waals surface area (Å²) in [6, 6.07) is 17.5. The number of ether oxygens (including phenoxy) is 1. The highest BCUT2D eigenvalue weighted by atomic mass is 16.6. The van der Waals surface area contributed by atoms with E-state index in [9.17, 15) is 9.59 Å². The van der Waals surface area contributed by atoms with Gasteiger partial charge in [-0.25, -0.2) is 4.79 Å². The van der Waals surface area contributed by atoms with Crippen molar-refractivity contribution in [1.29, 1.82) is 0 Å².